The van der Waals surface area contributed by atoms with Gasteiger partial charge in [0.25, 0.3) is 0 Å². The number of rotatable bonds is 5. The molecule has 2 atom stereocenters. The molecule has 0 saturated carbocycles. The summed E-state index contributed by atoms with van der Waals surface area (Å²) < 4.78 is 0. The molecule has 1 fully saturated rings. The summed E-state index contributed by atoms with van der Waals surface area (Å²) >= 11 is 0. The van der Waals surface area contributed by atoms with Crippen LogP contribution in [-0.2, 0) is 9.59 Å². The average molecular weight is 354 g/mol. The number of nitrogens with zero attached hydrogens (tertiary/aromatic N) is 1. The van der Waals surface area contributed by atoms with Crippen LogP contribution < -0.4 is 5.32 Å². The smallest absolute Gasteiger partial charge is 0.242 e. The molecule has 1 aliphatic rings. The Bertz CT molecular complexity index is 681. The van der Waals surface area contributed by atoms with Gasteiger partial charge >= 0.3 is 0 Å². The van der Waals surface area contributed by atoms with Crippen molar-refractivity contribution in [2.75, 3.05) is 19.3 Å². The molecule has 0 spiro atoms. The van der Waals surface area contributed by atoms with E-state index in [2.05, 4.69) is 14.6 Å². The molecule has 1 aliphatic heterocycles. The van der Waals surface area contributed by atoms with Gasteiger partial charge in [-0.25, -0.2) is 0 Å². The SMILES string of the molecule is O=C1NCCN(C(=O)C(c2ccccc2)c2ccccc2)C1CCP. The number of amides is 2. The Hall–Kier alpha value is -2.19. The minimum Gasteiger partial charge on any atom is -0.353 e. The lowest BCUT2D eigenvalue weighted by Crippen LogP contribution is -2.58. The van der Waals surface area contributed by atoms with Gasteiger partial charge in [0, 0.05) is 13.1 Å². The van der Waals surface area contributed by atoms with Crippen molar-refractivity contribution in [3.05, 3.63) is 71.8 Å². The van der Waals surface area contributed by atoms with E-state index in [0.717, 1.165) is 17.3 Å². The topological polar surface area (TPSA) is 49.4 Å². The van der Waals surface area contributed by atoms with Crippen molar-refractivity contribution in [3.8, 4) is 0 Å². The molecule has 1 N–H and O–H groups in total. The summed E-state index contributed by atoms with van der Waals surface area (Å²) in [6.07, 6.45) is 1.43. The van der Waals surface area contributed by atoms with Gasteiger partial charge in [-0.1, -0.05) is 60.7 Å². The third kappa shape index (κ3) is 3.91. The maximum absolute atomic E-state index is 13.5. The van der Waals surface area contributed by atoms with E-state index in [4.69, 9.17) is 0 Å². The normalized spacial score (nSPS) is 17.4. The number of carbonyl (C=O) groups excluding carboxylic acids is 2. The number of hydrogen-bond donors (Lipinski definition) is 1. The summed E-state index contributed by atoms with van der Waals surface area (Å²) in [5.41, 5.74) is 1.91. The fourth-order valence-electron chi connectivity index (χ4n) is 3.36. The van der Waals surface area contributed by atoms with Gasteiger partial charge in [-0.15, -0.1) is 9.24 Å². The van der Waals surface area contributed by atoms with Gasteiger partial charge in [-0.2, -0.15) is 0 Å². The molecule has 2 aromatic carbocycles. The molecule has 3 rings (SSSR count). The molecule has 25 heavy (non-hydrogen) atoms. The molecule has 5 heteroatoms. The maximum Gasteiger partial charge on any atom is 0.242 e. The van der Waals surface area contributed by atoms with Crippen LogP contribution in [0.5, 0.6) is 0 Å². The highest BCUT2D eigenvalue weighted by molar-refractivity contribution is 7.16. The lowest BCUT2D eigenvalue weighted by atomic mass is 9.89. The highest BCUT2D eigenvalue weighted by Gasteiger charge is 2.36. The average Bonchev–Trinajstić information content (AvgIpc) is 2.65. The van der Waals surface area contributed by atoms with Crippen molar-refractivity contribution in [2.24, 2.45) is 0 Å². The number of piperazine rings is 1. The van der Waals surface area contributed by atoms with Crippen LogP contribution in [0.15, 0.2) is 60.7 Å². The van der Waals surface area contributed by atoms with Crippen molar-refractivity contribution in [1.29, 1.82) is 0 Å². The number of benzene rings is 2. The van der Waals surface area contributed by atoms with Crippen LogP contribution >= 0.6 is 9.24 Å². The first-order valence-corrected chi connectivity index (χ1v) is 9.42. The zero-order valence-corrected chi connectivity index (χ0v) is 15.3. The second-order valence-corrected chi connectivity index (χ2v) is 6.75. The molecule has 0 aliphatic carbocycles. The molecule has 2 unspecified atom stereocenters. The van der Waals surface area contributed by atoms with E-state index in [9.17, 15) is 9.59 Å². The lowest BCUT2D eigenvalue weighted by Gasteiger charge is -2.37. The van der Waals surface area contributed by atoms with Crippen molar-refractivity contribution >= 4 is 21.1 Å². The van der Waals surface area contributed by atoms with Gasteiger partial charge in [-0.3, -0.25) is 9.59 Å². The van der Waals surface area contributed by atoms with Gasteiger partial charge in [-0.05, 0) is 23.7 Å². The Balaban J connectivity index is 1.98. The molecule has 1 heterocycles. The molecule has 0 radical (unpaired) electrons. The zero-order valence-electron chi connectivity index (χ0n) is 14.1. The van der Waals surface area contributed by atoms with Crippen molar-refractivity contribution in [2.45, 2.75) is 18.4 Å². The minimum absolute atomic E-state index is 0.00398. The first-order chi connectivity index (χ1) is 12.2. The predicted molar refractivity (Wildman–Crippen MR) is 102 cm³/mol. The number of hydrogen-bond acceptors (Lipinski definition) is 2. The minimum atomic E-state index is -0.395. The van der Waals surface area contributed by atoms with Gasteiger partial charge in [0.05, 0.1) is 5.92 Å². The van der Waals surface area contributed by atoms with E-state index in [1.165, 1.54) is 0 Å². The van der Waals surface area contributed by atoms with Crippen LogP contribution in [0.25, 0.3) is 0 Å². The van der Waals surface area contributed by atoms with Crippen molar-refractivity contribution < 1.29 is 9.59 Å². The molecule has 2 amide bonds. The fourth-order valence-corrected chi connectivity index (χ4v) is 3.67. The van der Waals surface area contributed by atoms with Crippen LogP contribution in [0.1, 0.15) is 23.5 Å². The third-order valence-corrected chi connectivity index (χ3v) is 4.90. The largest absolute Gasteiger partial charge is 0.353 e. The third-order valence-electron chi connectivity index (χ3n) is 4.57. The summed E-state index contributed by atoms with van der Waals surface area (Å²) in [7, 11) is 2.64. The van der Waals surface area contributed by atoms with Crippen molar-refractivity contribution in [1.82, 2.24) is 10.2 Å². The van der Waals surface area contributed by atoms with Crippen LogP contribution in [0.3, 0.4) is 0 Å². The highest BCUT2D eigenvalue weighted by atomic mass is 31.0. The van der Waals surface area contributed by atoms with Gasteiger partial charge in [0.15, 0.2) is 0 Å². The molecular formula is C20H23N2O2P. The van der Waals surface area contributed by atoms with Gasteiger partial charge in [0.2, 0.25) is 11.8 Å². The summed E-state index contributed by atoms with van der Waals surface area (Å²) in [6, 6.07) is 19.2. The summed E-state index contributed by atoms with van der Waals surface area (Å²) in [4.78, 5) is 27.5. The number of carbonyl (C=O) groups is 2. The Morgan fingerprint density at radius 2 is 1.64 bits per heavy atom. The van der Waals surface area contributed by atoms with E-state index in [-0.39, 0.29) is 17.7 Å². The van der Waals surface area contributed by atoms with E-state index < -0.39 is 6.04 Å². The molecule has 1 saturated heterocycles. The van der Waals surface area contributed by atoms with Crippen molar-refractivity contribution in [3.63, 3.8) is 0 Å². The summed E-state index contributed by atoms with van der Waals surface area (Å²) in [5, 5.41) is 2.88. The Morgan fingerprint density at radius 1 is 1.08 bits per heavy atom. The van der Waals surface area contributed by atoms with E-state index in [1.54, 1.807) is 4.90 Å². The van der Waals surface area contributed by atoms with Crippen LogP contribution in [0.2, 0.25) is 0 Å². The molecule has 4 nitrogen and oxygen atoms in total. The van der Waals surface area contributed by atoms with E-state index in [1.807, 2.05) is 60.7 Å². The summed E-state index contributed by atoms with van der Waals surface area (Å²) in [6.45, 7) is 1.06. The quantitative estimate of drug-likeness (QED) is 0.839. The summed E-state index contributed by atoms with van der Waals surface area (Å²) in [5.74, 6) is -0.446. The Labute approximate surface area is 150 Å². The maximum atomic E-state index is 13.5. The second-order valence-electron chi connectivity index (χ2n) is 6.17. The van der Waals surface area contributed by atoms with Crippen LogP contribution in [-0.4, -0.2) is 42.0 Å². The Morgan fingerprint density at radius 3 is 2.16 bits per heavy atom. The highest BCUT2D eigenvalue weighted by Crippen LogP contribution is 2.28. The molecule has 0 aromatic heterocycles. The van der Waals surface area contributed by atoms with Crippen LogP contribution in [0.4, 0.5) is 0 Å². The zero-order chi connectivity index (χ0) is 17.6. The monoisotopic (exact) mass is 354 g/mol. The lowest BCUT2D eigenvalue weighted by molar-refractivity contribution is -0.143. The first-order valence-electron chi connectivity index (χ1n) is 8.60. The van der Waals surface area contributed by atoms with E-state index in [0.29, 0.717) is 19.5 Å². The molecular weight excluding hydrogens is 331 g/mol. The fraction of sp³-hybridized carbons (Fsp3) is 0.300. The van der Waals surface area contributed by atoms with Gasteiger partial charge < -0.3 is 10.2 Å². The van der Waals surface area contributed by atoms with Gasteiger partial charge in [0.1, 0.15) is 6.04 Å². The number of nitrogens with one attached hydrogen (secondary N) is 1. The standard InChI is InChI=1S/C20H23N2O2P/c23-19-17(11-14-25)22(13-12-21-19)20(24)18(15-7-3-1-4-8-15)16-9-5-2-6-10-16/h1-10,17-18H,11-14,25H2,(H,21,23). The first kappa shape index (κ1) is 17.6. The van der Waals surface area contributed by atoms with Crippen LogP contribution in [0, 0.1) is 0 Å². The van der Waals surface area contributed by atoms with E-state index >= 15 is 0 Å². The predicted octanol–water partition coefficient (Wildman–Crippen LogP) is 2.41. The Kier molecular flexibility index (Phi) is 5.83. The molecule has 130 valence electrons. The molecule has 2 aromatic rings. The molecule has 0 bridgehead atoms. The second kappa shape index (κ2) is 8.26.